The van der Waals surface area contributed by atoms with Crippen molar-refractivity contribution in [1.82, 2.24) is 0 Å². The highest BCUT2D eigenvalue weighted by molar-refractivity contribution is 6.05. The average molecular weight is 321 g/mol. The van der Waals surface area contributed by atoms with E-state index in [0.29, 0.717) is 12.2 Å². The lowest BCUT2D eigenvalue weighted by Gasteiger charge is -2.16. The van der Waals surface area contributed by atoms with Crippen LogP contribution in [-0.4, -0.2) is 19.6 Å². The maximum Gasteiger partial charge on any atom is 0.254 e. The molecule has 1 unspecified atom stereocenters. The Hall–Kier alpha value is -2.85. The second-order valence-corrected chi connectivity index (χ2v) is 5.43. The zero-order chi connectivity index (χ0) is 16.9. The molecule has 2 aromatic rings. The summed E-state index contributed by atoms with van der Waals surface area (Å²) in [5.74, 6) is 0.592. The fraction of sp³-hybridized carbons (Fsp3) is 0.150. The van der Waals surface area contributed by atoms with Crippen LogP contribution < -0.4 is 10.1 Å². The van der Waals surface area contributed by atoms with E-state index in [4.69, 9.17) is 9.47 Å². The number of amides is 1. The standard InChI is InChI=1S/C20H19NO3/c1-3-14-13-24-19(15-9-11-17(23-2)12-10-15)18(14)20(22)21-16-7-5-4-6-8-16/h3-12,19H,1,13H2,2H3,(H,21,22). The van der Waals surface area contributed by atoms with Gasteiger partial charge >= 0.3 is 0 Å². The van der Waals surface area contributed by atoms with Crippen molar-refractivity contribution in [3.8, 4) is 5.75 Å². The molecule has 3 rings (SSSR count). The lowest BCUT2D eigenvalue weighted by Crippen LogP contribution is -2.18. The van der Waals surface area contributed by atoms with E-state index in [1.54, 1.807) is 13.2 Å². The lowest BCUT2D eigenvalue weighted by molar-refractivity contribution is -0.113. The first-order chi connectivity index (χ1) is 11.7. The number of nitrogens with one attached hydrogen (secondary N) is 1. The summed E-state index contributed by atoms with van der Waals surface area (Å²) in [4.78, 5) is 12.8. The highest BCUT2D eigenvalue weighted by atomic mass is 16.5. The summed E-state index contributed by atoms with van der Waals surface area (Å²) in [5.41, 5.74) is 3.06. The molecule has 0 fully saturated rings. The number of hydrogen-bond acceptors (Lipinski definition) is 3. The van der Waals surface area contributed by atoms with E-state index in [-0.39, 0.29) is 5.91 Å². The topological polar surface area (TPSA) is 47.6 Å². The van der Waals surface area contributed by atoms with Gasteiger partial charge in [-0.2, -0.15) is 0 Å². The number of hydrogen-bond donors (Lipinski definition) is 1. The molecule has 4 heteroatoms. The van der Waals surface area contributed by atoms with Crippen molar-refractivity contribution in [2.75, 3.05) is 19.0 Å². The van der Waals surface area contributed by atoms with Gasteiger partial charge in [0.25, 0.3) is 5.91 Å². The fourth-order valence-electron chi connectivity index (χ4n) is 2.70. The van der Waals surface area contributed by atoms with Crippen molar-refractivity contribution in [1.29, 1.82) is 0 Å². The van der Waals surface area contributed by atoms with E-state index in [2.05, 4.69) is 11.9 Å². The van der Waals surface area contributed by atoms with Crippen molar-refractivity contribution in [3.05, 3.63) is 84.0 Å². The largest absolute Gasteiger partial charge is 0.497 e. The maximum absolute atomic E-state index is 12.8. The van der Waals surface area contributed by atoms with Gasteiger partial charge in [0.1, 0.15) is 11.9 Å². The summed E-state index contributed by atoms with van der Waals surface area (Å²) in [6.45, 7) is 4.17. The SMILES string of the molecule is C=CC1=C(C(=O)Nc2ccccc2)C(c2ccc(OC)cc2)OC1. The normalized spacial score (nSPS) is 16.8. The summed E-state index contributed by atoms with van der Waals surface area (Å²) in [6.07, 6.45) is 1.27. The Balaban J connectivity index is 1.88. The molecule has 0 saturated heterocycles. The minimum absolute atomic E-state index is 0.172. The van der Waals surface area contributed by atoms with E-state index in [1.807, 2.05) is 54.6 Å². The van der Waals surface area contributed by atoms with Gasteiger partial charge in [-0.25, -0.2) is 0 Å². The van der Waals surface area contributed by atoms with E-state index in [9.17, 15) is 4.79 Å². The predicted molar refractivity (Wildman–Crippen MR) is 94.0 cm³/mol. The van der Waals surface area contributed by atoms with Crippen LogP contribution in [0.5, 0.6) is 5.75 Å². The Morgan fingerprint density at radius 3 is 2.54 bits per heavy atom. The molecule has 0 saturated carbocycles. The molecule has 0 bridgehead atoms. The summed E-state index contributed by atoms with van der Waals surface area (Å²) in [5, 5.41) is 2.92. The van der Waals surface area contributed by atoms with Crippen LogP contribution in [0.1, 0.15) is 11.7 Å². The molecular weight excluding hydrogens is 302 g/mol. The molecule has 4 nitrogen and oxygen atoms in total. The molecule has 122 valence electrons. The number of carbonyl (C=O) groups excluding carboxylic acids is 1. The highest BCUT2D eigenvalue weighted by Crippen LogP contribution is 2.36. The van der Waals surface area contributed by atoms with Crippen molar-refractivity contribution in [2.45, 2.75) is 6.10 Å². The first-order valence-corrected chi connectivity index (χ1v) is 7.70. The molecule has 1 N–H and O–H groups in total. The van der Waals surface area contributed by atoms with E-state index >= 15 is 0 Å². The van der Waals surface area contributed by atoms with Crippen LogP contribution >= 0.6 is 0 Å². The summed E-state index contributed by atoms with van der Waals surface area (Å²) >= 11 is 0. The first-order valence-electron chi connectivity index (χ1n) is 7.70. The number of benzene rings is 2. The van der Waals surface area contributed by atoms with Gasteiger partial charge in [0.2, 0.25) is 0 Å². The molecule has 0 aliphatic carbocycles. The molecule has 1 atom stereocenters. The van der Waals surface area contributed by atoms with Gasteiger partial charge in [-0.1, -0.05) is 43.0 Å². The van der Waals surface area contributed by atoms with E-state index < -0.39 is 6.10 Å². The molecule has 0 spiro atoms. The monoisotopic (exact) mass is 321 g/mol. The predicted octanol–water partition coefficient (Wildman–Crippen LogP) is 3.89. The van der Waals surface area contributed by atoms with Crippen molar-refractivity contribution >= 4 is 11.6 Å². The van der Waals surface area contributed by atoms with Crippen LogP contribution in [0.4, 0.5) is 5.69 Å². The Kier molecular flexibility index (Phi) is 4.77. The third-order valence-electron chi connectivity index (χ3n) is 3.95. The first kappa shape index (κ1) is 16.0. The second kappa shape index (κ2) is 7.15. The number of methoxy groups -OCH3 is 1. The van der Waals surface area contributed by atoms with Gasteiger partial charge in [-0.05, 0) is 35.4 Å². The van der Waals surface area contributed by atoms with Gasteiger partial charge in [-0.15, -0.1) is 0 Å². The van der Waals surface area contributed by atoms with Crippen LogP contribution in [-0.2, 0) is 9.53 Å². The number of ether oxygens (including phenoxy) is 2. The van der Waals surface area contributed by atoms with Crippen LogP contribution in [0.25, 0.3) is 0 Å². The fourth-order valence-corrected chi connectivity index (χ4v) is 2.70. The molecule has 0 aromatic heterocycles. The third-order valence-corrected chi connectivity index (χ3v) is 3.95. The van der Waals surface area contributed by atoms with Crippen molar-refractivity contribution in [2.24, 2.45) is 0 Å². The Labute approximate surface area is 141 Å². The van der Waals surface area contributed by atoms with Gasteiger partial charge in [-0.3, -0.25) is 4.79 Å². The lowest BCUT2D eigenvalue weighted by atomic mass is 9.98. The number of carbonyl (C=O) groups is 1. The molecule has 2 aromatic carbocycles. The van der Waals surface area contributed by atoms with Crippen LogP contribution in [0.15, 0.2) is 78.4 Å². The molecule has 1 aliphatic rings. The second-order valence-electron chi connectivity index (χ2n) is 5.43. The van der Waals surface area contributed by atoms with E-state index in [0.717, 1.165) is 22.6 Å². The third kappa shape index (κ3) is 3.24. The van der Waals surface area contributed by atoms with Gasteiger partial charge in [0, 0.05) is 5.69 Å². The Morgan fingerprint density at radius 2 is 1.92 bits per heavy atom. The Morgan fingerprint density at radius 1 is 1.21 bits per heavy atom. The summed E-state index contributed by atoms with van der Waals surface area (Å²) < 4.78 is 11.0. The number of anilines is 1. The van der Waals surface area contributed by atoms with Crippen molar-refractivity contribution in [3.63, 3.8) is 0 Å². The number of rotatable bonds is 5. The summed E-state index contributed by atoms with van der Waals surface area (Å²) in [7, 11) is 1.62. The van der Waals surface area contributed by atoms with Crippen molar-refractivity contribution < 1.29 is 14.3 Å². The van der Waals surface area contributed by atoms with Crippen LogP contribution in [0.3, 0.4) is 0 Å². The zero-order valence-corrected chi connectivity index (χ0v) is 13.5. The quantitative estimate of drug-likeness (QED) is 0.909. The zero-order valence-electron chi connectivity index (χ0n) is 13.5. The van der Waals surface area contributed by atoms with E-state index in [1.165, 1.54) is 0 Å². The highest BCUT2D eigenvalue weighted by Gasteiger charge is 2.31. The van der Waals surface area contributed by atoms with Crippen LogP contribution in [0.2, 0.25) is 0 Å². The Bertz CT molecular complexity index is 763. The number of para-hydroxylation sites is 1. The average Bonchev–Trinajstić information content (AvgIpc) is 3.07. The smallest absolute Gasteiger partial charge is 0.254 e. The summed E-state index contributed by atoms with van der Waals surface area (Å²) in [6, 6.07) is 16.9. The van der Waals surface area contributed by atoms with Crippen LogP contribution in [0, 0.1) is 0 Å². The molecule has 1 heterocycles. The minimum atomic E-state index is -0.410. The molecular formula is C20H19NO3. The molecule has 1 amide bonds. The molecule has 24 heavy (non-hydrogen) atoms. The van der Waals surface area contributed by atoms with Gasteiger partial charge in [0.05, 0.1) is 19.3 Å². The van der Waals surface area contributed by atoms with Gasteiger partial charge < -0.3 is 14.8 Å². The molecule has 1 aliphatic heterocycles. The van der Waals surface area contributed by atoms with Gasteiger partial charge in [0.15, 0.2) is 0 Å². The molecule has 0 radical (unpaired) electrons. The minimum Gasteiger partial charge on any atom is -0.497 e. The maximum atomic E-state index is 12.8.